The van der Waals surface area contributed by atoms with Gasteiger partial charge >= 0.3 is 5.97 Å². The number of nitrogens with zero attached hydrogens (tertiary/aromatic N) is 2. The number of carbonyl (C=O) groups excluding carboxylic acids is 1. The van der Waals surface area contributed by atoms with Gasteiger partial charge in [0.25, 0.3) is 5.91 Å². The summed E-state index contributed by atoms with van der Waals surface area (Å²) in [7, 11) is 0. The van der Waals surface area contributed by atoms with Gasteiger partial charge in [-0.25, -0.2) is 4.79 Å². The average Bonchev–Trinajstić information content (AvgIpc) is 2.98. The van der Waals surface area contributed by atoms with Crippen LogP contribution in [0.25, 0.3) is 0 Å². The van der Waals surface area contributed by atoms with Crippen molar-refractivity contribution >= 4 is 23.5 Å². The molecule has 1 N–H and O–H groups in total. The van der Waals surface area contributed by atoms with Crippen LogP contribution in [0, 0.1) is 0 Å². The molecule has 1 fully saturated rings. The van der Waals surface area contributed by atoms with Crippen molar-refractivity contribution in [2.45, 2.75) is 39.0 Å². The Morgan fingerprint density at radius 1 is 1.38 bits per heavy atom. The molecular weight excluding hydrogens is 296 g/mol. The van der Waals surface area contributed by atoms with Gasteiger partial charge in [-0.15, -0.1) is 0 Å². The molecule has 0 spiro atoms. The van der Waals surface area contributed by atoms with E-state index in [2.05, 4.69) is 0 Å². The Bertz CT molecular complexity index is 611. The standard InChI is InChI=1S/C14H17ClN2O4/c1-8-3-2-4-16(8)13(18)12-11(15)10(14(19)20)9-7-21-6-5-17(9)12/h8H,2-7H2,1H3,(H,19,20)/t8-/m0/s1. The molecule has 3 rings (SSSR count). The molecule has 114 valence electrons. The lowest BCUT2D eigenvalue weighted by molar-refractivity contribution is 0.0640. The Kier molecular flexibility index (Phi) is 3.67. The number of amides is 1. The van der Waals surface area contributed by atoms with E-state index < -0.39 is 5.97 Å². The van der Waals surface area contributed by atoms with E-state index in [1.165, 1.54) is 0 Å². The van der Waals surface area contributed by atoms with Crippen LogP contribution in [-0.4, -0.2) is 45.6 Å². The van der Waals surface area contributed by atoms with Crippen LogP contribution in [0.15, 0.2) is 0 Å². The van der Waals surface area contributed by atoms with Gasteiger partial charge in [-0.3, -0.25) is 4.79 Å². The zero-order valence-electron chi connectivity index (χ0n) is 11.8. The molecule has 0 radical (unpaired) electrons. The van der Waals surface area contributed by atoms with Crippen LogP contribution < -0.4 is 0 Å². The zero-order chi connectivity index (χ0) is 15.1. The van der Waals surface area contributed by atoms with Crippen molar-refractivity contribution in [3.05, 3.63) is 22.0 Å². The van der Waals surface area contributed by atoms with Crippen LogP contribution in [-0.2, 0) is 17.9 Å². The fourth-order valence-electron chi connectivity index (χ4n) is 3.15. The quantitative estimate of drug-likeness (QED) is 0.906. The summed E-state index contributed by atoms with van der Waals surface area (Å²) in [5.41, 5.74) is 0.765. The van der Waals surface area contributed by atoms with E-state index in [4.69, 9.17) is 16.3 Å². The Hall–Kier alpha value is -1.53. The van der Waals surface area contributed by atoms with Crippen molar-refractivity contribution in [3.8, 4) is 0 Å². The van der Waals surface area contributed by atoms with Gasteiger partial charge in [0, 0.05) is 19.1 Å². The number of halogens is 1. The second-order valence-electron chi connectivity index (χ2n) is 5.48. The summed E-state index contributed by atoms with van der Waals surface area (Å²) in [5, 5.41) is 9.39. The van der Waals surface area contributed by atoms with Crippen molar-refractivity contribution in [1.82, 2.24) is 9.47 Å². The van der Waals surface area contributed by atoms with Crippen LogP contribution in [0.3, 0.4) is 0 Å². The minimum Gasteiger partial charge on any atom is -0.478 e. The summed E-state index contributed by atoms with van der Waals surface area (Å²) >= 11 is 6.23. The van der Waals surface area contributed by atoms with E-state index in [-0.39, 0.29) is 29.1 Å². The highest BCUT2D eigenvalue weighted by atomic mass is 35.5. The van der Waals surface area contributed by atoms with Gasteiger partial charge in [0.15, 0.2) is 0 Å². The summed E-state index contributed by atoms with van der Waals surface area (Å²) in [6, 6.07) is 0.160. The van der Waals surface area contributed by atoms with E-state index in [1.54, 1.807) is 9.47 Å². The van der Waals surface area contributed by atoms with E-state index in [9.17, 15) is 14.7 Å². The molecule has 6 nitrogen and oxygen atoms in total. The maximum atomic E-state index is 12.8. The van der Waals surface area contributed by atoms with Gasteiger partial charge in [0.2, 0.25) is 0 Å². The third-order valence-electron chi connectivity index (χ3n) is 4.24. The van der Waals surface area contributed by atoms with Gasteiger partial charge in [-0.1, -0.05) is 11.6 Å². The molecule has 1 amide bonds. The lowest BCUT2D eigenvalue weighted by Crippen LogP contribution is -2.36. The van der Waals surface area contributed by atoms with E-state index in [0.29, 0.717) is 31.1 Å². The zero-order valence-corrected chi connectivity index (χ0v) is 12.5. The number of carboxylic acid groups (broad SMARTS) is 1. The number of carbonyl (C=O) groups is 2. The maximum Gasteiger partial charge on any atom is 0.339 e. The number of ether oxygens (including phenoxy) is 1. The number of rotatable bonds is 2. The van der Waals surface area contributed by atoms with E-state index >= 15 is 0 Å². The largest absolute Gasteiger partial charge is 0.478 e. The molecule has 21 heavy (non-hydrogen) atoms. The molecule has 1 aromatic rings. The summed E-state index contributed by atoms with van der Waals surface area (Å²) in [6.07, 6.45) is 1.93. The molecule has 3 heterocycles. The lowest BCUT2D eigenvalue weighted by atomic mass is 10.2. The molecular formula is C14H17ClN2O4. The first-order valence-corrected chi connectivity index (χ1v) is 7.43. The highest BCUT2D eigenvalue weighted by Gasteiger charge is 2.35. The molecule has 0 aromatic carbocycles. The Labute approximate surface area is 127 Å². The molecule has 2 aliphatic heterocycles. The highest BCUT2D eigenvalue weighted by molar-refractivity contribution is 6.36. The summed E-state index contributed by atoms with van der Waals surface area (Å²) in [6.45, 7) is 3.76. The first kappa shape index (κ1) is 14.4. The molecule has 2 aliphatic rings. The fraction of sp³-hybridized carbons (Fsp3) is 0.571. The molecule has 1 saturated heterocycles. The predicted octanol–water partition coefficient (Wildman–Crippen LogP) is 1.99. The Balaban J connectivity index is 2.09. The molecule has 0 bridgehead atoms. The topological polar surface area (TPSA) is 71.8 Å². The van der Waals surface area contributed by atoms with Crippen molar-refractivity contribution < 1.29 is 19.4 Å². The van der Waals surface area contributed by atoms with Crippen molar-refractivity contribution in [2.24, 2.45) is 0 Å². The fourth-order valence-corrected chi connectivity index (χ4v) is 3.53. The number of aromatic carboxylic acids is 1. The van der Waals surface area contributed by atoms with Gasteiger partial charge in [0.1, 0.15) is 11.3 Å². The summed E-state index contributed by atoms with van der Waals surface area (Å²) in [5.74, 6) is -1.30. The second-order valence-corrected chi connectivity index (χ2v) is 5.86. The van der Waals surface area contributed by atoms with Crippen LogP contribution in [0.2, 0.25) is 5.02 Å². The SMILES string of the molecule is C[C@H]1CCCN1C(=O)c1c(Cl)c(C(=O)O)c2n1CCOC2. The van der Waals surface area contributed by atoms with E-state index in [1.807, 2.05) is 6.92 Å². The monoisotopic (exact) mass is 312 g/mol. The Morgan fingerprint density at radius 3 is 2.76 bits per heavy atom. The molecule has 1 atom stereocenters. The van der Waals surface area contributed by atoms with E-state index in [0.717, 1.165) is 12.8 Å². The average molecular weight is 313 g/mol. The van der Waals surface area contributed by atoms with Crippen molar-refractivity contribution in [2.75, 3.05) is 13.2 Å². The number of aromatic nitrogens is 1. The number of hydrogen-bond donors (Lipinski definition) is 1. The molecule has 1 aromatic heterocycles. The van der Waals surface area contributed by atoms with Crippen LogP contribution >= 0.6 is 11.6 Å². The number of fused-ring (bicyclic) bond motifs is 1. The Morgan fingerprint density at radius 2 is 2.14 bits per heavy atom. The van der Waals surface area contributed by atoms with Crippen LogP contribution in [0.5, 0.6) is 0 Å². The minimum absolute atomic E-state index is 0.00781. The smallest absolute Gasteiger partial charge is 0.339 e. The molecule has 0 unspecified atom stereocenters. The van der Waals surface area contributed by atoms with Gasteiger partial charge < -0.3 is 19.3 Å². The van der Waals surface area contributed by atoms with Crippen molar-refractivity contribution in [3.63, 3.8) is 0 Å². The third kappa shape index (κ3) is 2.22. The highest BCUT2D eigenvalue weighted by Crippen LogP contribution is 2.33. The summed E-state index contributed by atoms with van der Waals surface area (Å²) < 4.78 is 7.02. The maximum absolute atomic E-state index is 12.8. The first-order valence-electron chi connectivity index (χ1n) is 7.05. The van der Waals surface area contributed by atoms with Crippen LogP contribution in [0.4, 0.5) is 0 Å². The predicted molar refractivity (Wildman–Crippen MR) is 75.8 cm³/mol. The normalized spacial score (nSPS) is 21.4. The van der Waals surface area contributed by atoms with Gasteiger partial charge in [-0.2, -0.15) is 0 Å². The van der Waals surface area contributed by atoms with Gasteiger partial charge in [-0.05, 0) is 19.8 Å². The minimum atomic E-state index is -1.12. The number of hydrogen-bond acceptors (Lipinski definition) is 3. The van der Waals surface area contributed by atoms with Crippen LogP contribution in [0.1, 0.15) is 46.3 Å². The molecule has 0 saturated carbocycles. The van der Waals surface area contributed by atoms with Crippen molar-refractivity contribution in [1.29, 1.82) is 0 Å². The number of likely N-dealkylation sites (tertiary alicyclic amines) is 1. The molecule has 7 heteroatoms. The lowest BCUT2D eigenvalue weighted by Gasteiger charge is -2.24. The summed E-state index contributed by atoms with van der Waals surface area (Å²) in [4.78, 5) is 26.0. The molecule has 0 aliphatic carbocycles. The third-order valence-corrected chi connectivity index (χ3v) is 4.61. The van der Waals surface area contributed by atoms with Gasteiger partial charge in [0.05, 0.1) is 23.9 Å². The number of carboxylic acids is 1. The second kappa shape index (κ2) is 5.35. The first-order chi connectivity index (χ1) is 10.0.